The summed E-state index contributed by atoms with van der Waals surface area (Å²) in [6.07, 6.45) is 13.3. The van der Waals surface area contributed by atoms with Crippen molar-refractivity contribution in [2.24, 2.45) is 0 Å². The molecule has 0 aliphatic carbocycles. The summed E-state index contributed by atoms with van der Waals surface area (Å²) in [7, 11) is 0. The number of urea groups is 1. The van der Waals surface area contributed by atoms with E-state index in [1.165, 1.54) is 16.7 Å². The highest BCUT2D eigenvalue weighted by molar-refractivity contribution is 5.88. The maximum absolute atomic E-state index is 12.3. The highest BCUT2D eigenvalue weighted by Gasteiger charge is 2.20. The van der Waals surface area contributed by atoms with E-state index in [1.807, 2.05) is 23.1 Å². The summed E-state index contributed by atoms with van der Waals surface area (Å²) in [6.45, 7) is 13.0. The Labute approximate surface area is 182 Å². The fourth-order valence-corrected chi connectivity index (χ4v) is 3.38. The molecule has 1 saturated heterocycles. The van der Waals surface area contributed by atoms with Gasteiger partial charge in [0, 0.05) is 38.9 Å². The largest absolute Gasteiger partial charge is 0.323 e. The van der Waals surface area contributed by atoms with Crippen LogP contribution in [0.15, 0.2) is 59.3 Å². The molecule has 1 aromatic heterocycles. The van der Waals surface area contributed by atoms with Crippen LogP contribution in [-0.2, 0) is 0 Å². The summed E-state index contributed by atoms with van der Waals surface area (Å²) in [4.78, 5) is 20.8. The van der Waals surface area contributed by atoms with E-state index in [1.54, 1.807) is 6.20 Å². The highest BCUT2D eigenvalue weighted by Crippen LogP contribution is 2.12. The first-order chi connectivity index (χ1) is 14.4. The number of anilines is 1. The van der Waals surface area contributed by atoms with E-state index in [4.69, 9.17) is 0 Å². The molecule has 0 aromatic carbocycles. The molecule has 0 bridgehead atoms. The molecule has 1 aliphatic heterocycles. The van der Waals surface area contributed by atoms with Gasteiger partial charge in [-0.3, -0.25) is 10.2 Å². The number of rotatable bonds is 9. The second-order valence-electron chi connectivity index (χ2n) is 8.39. The summed E-state index contributed by atoms with van der Waals surface area (Å²) >= 11 is 0. The number of amides is 2. The van der Waals surface area contributed by atoms with Gasteiger partial charge in [-0.25, -0.2) is 9.78 Å². The van der Waals surface area contributed by atoms with Gasteiger partial charge in [0.1, 0.15) is 5.82 Å². The van der Waals surface area contributed by atoms with Crippen LogP contribution in [0.5, 0.6) is 0 Å². The Bertz CT molecular complexity index is 740. The number of allylic oxidation sites excluding steroid dienone is 5. The molecule has 0 unspecified atom stereocenters. The van der Waals surface area contributed by atoms with Crippen molar-refractivity contribution in [3.63, 3.8) is 0 Å². The molecule has 164 valence electrons. The molecular weight excluding hydrogens is 372 g/mol. The molecule has 0 atom stereocenters. The molecule has 0 radical (unpaired) electrons. The van der Waals surface area contributed by atoms with Crippen molar-refractivity contribution in [1.29, 1.82) is 0 Å². The van der Waals surface area contributed by atoms with Gasteiger partial charge in [0.05, 0.1) is 0 Å². The topological polar surface area (TPSA) is 48.5 Å². The van der Waals surface area contributed by atoms with Gasteiger partial charge in [-0.15, -0.1) is 0 Å². The second kappa shape index (κ2) is 13.0. The third kappa shape index (κ3) is 9.40. The lowest BCUT2D eigenvalue weighted by Gasteiger charge is -2.34. The Morgan fingerprint density at radius 3 is 2.27 bits per heavy atom. The van der Waals surface area contributed by atoms with Gasteiger partial charge in [0.25, 0.3) is 0 Å². The van der Waals surface area contributed by atoms with Crippen molar-refractivity contribution >= 4 is 11.8 Å². The molecule has 0 spiro atoms. The number of hydrogen-bond donors (Lipinski definition) is 1. The van der Waals surface area contributed by atoms with E-state index >= 15 is 0 Å². The van der Waals surface area contributed by atoms with Crippen LogP contribution < -0.4 is 5.32 Å². The maximum Gasteiger partial charge on any atom is 0.323 e. The van der Waals surface area contributed by atoms with Crippen molar-refractivity contribution in [2.75, 3.05) is 38.0 Å². The third-order valence-corrected chi connectivity index (χ3v) is 5.38. The zero-order valence-electron chi connectivity index (χ0n) is 19.2. The van der Waals surface area contributed by atoms with E-state index in [2.05, 4.69) is 61.1 Å². The lowest BCUT2D eigenvalue weighted by atomic mass is 10.1. The Hall–Kier alpha value is -2.40. The average Bonchev–Trinajstić information content (AvgIpc) is 2.73. The minimum absolute atomic E-state index is 0.0631. The molecule has 1 aromatic rings. The van der Waals surface area contributed by atoms with Gasteiger partial charge in [-0.05, 0) is 65.5 Å². The second-order valence-corrected chi connectivity index (χ2v) is 8.39. The highest BCUT2D eigenvalue weighted by atomic mass is 16.2. The zero-order valence-corrected chi connectivity index (χ0v) is 19.2. The molecule has 2 heterocycles. The molecule has 0 saturated carbocycles. The number of hydrogen-bond acceptors (Lipinski definition) is 3. The predicted molar refractivity (Wildman–Crippen MR) is 127 cm³/mol. The van der Waals surface area contributed by atoms with Crippen molar-refractivity contribution in [3.8, 4) is 0 Å². The van der Waals surface area contributed by atoms with E-state index < -0.39 is 0 Å². The maximum atomic E-state index is 12.3. The number of piperazine rings is 1. The van der Waals surface area contributed by atoms with Gasteiger partial charge in [0.15, 0.2) is 0 Å². The molecular formula is C25H38N4O. The third-order valence-electron chi connectivity index (χ3n) is 5.38. The molecule has 2 amide bonds. The van der Waals surface area contributed by atoms with Crippen molar-refractivity contribution in [2.45, 2.75) is 53.4 Å². The summed E-state index contributed by atoms with van der Waals surface area (Å²) in [5, 5.41) is 2.86. The number of pyridine rings is 1. The van der Waals surface area contributed by atoms with E-state index in [0.717, 1.165) is 58.4 Å². The summed E-state index contributed by atoms with van der Waals surface area (Å²) in [5.41, 5.74) is 4.33. The van der Waals surface area contributed by atoms with Crippen LogP contribution in [0.1, 0.15) is 53.4 Å². The summed E-state index contributed by atoms with van der Waals surface area (Å²) < 4.78 is 0. The van der Waals surface area contributed by atoms with Crippen LogP contribution >= 0.6 is 0 Å². The molecule has 1 aliphatic rings. The Morgan fingerprint density at radius 1 is 0.967 bits per heavy atom. The quantitative estimate of drug-likeness (QED) is 0.535. The fourth-order valence-electron chi connectivity index (χ4n) is 3.38. The van der Waals surface area contributed by atoms with Crippen LogP contribution in [0.2, 0.25) is 0 Å². The Balaban J connectivity index is 1.65. The van der Waals surface area contributed by atoms with E-state index in [0.29, 0.717) is 5.82 Å². The first kappa shape index (κ1) is 23.9. The predicted octanol–water partition coefficient (Wildman–Crippen LogP) is 5.65. The van der Waals surface area contributed by atoms with E-state index in [9.17, 15) is 4.79 Å². The van der Waals surface area contributed by atoms with Crippen molar-refractivity contribution in [3.05, 3.63) is 59.3 Å². The molecule has 5 heteroatoms. The summed E-state index contributed by atoms with van der Waals surface area (Å²) in [5.74, 6) is 0.602. The standard InChI is InChI=1S/C25H38N4O/c1-21(2)9-7-10-22(3)11-8-12-23(4)14-16-28-17-19-29(20-18-28)25(30)27-24-13-5-6-15-26-24/h5-6,9,11,13-15H,7-8,10,12,16-20H2,1-4H3,(H,26,27,30). The van der Waals surface area contributed by atoms with Gasteiger partial charge in [-0.2, -0.15) is 0 Å². The first-order valence-corrected chi connectivity index (χ1v) is 11.1. The van der Waals surface area contributed by atoms with Crippen LogP contribution in [0.4, 0.5) is 10.6 Å². The Kier molecular flexibility index (Phi) is 10.4. The van der Waals surface area contributed by atoms with Gasteiger partial charge in [0.2, 0.25) is 0 Å². The number of nitrogens with zero attached hydrogens (tertiary/aromatic N) is 3. The van der Waals surface area contributed by atoms with E-state index in [-0.39, 0.29) is 6.03 Å². The SMILES string of the molecule is CC(C)=CCCC(C)=CCCC(C)=CCN1CCN(C(=O)Nc2ccccn2)CC1. The molecule has 5 nitrogen and oxygen atoms in total. The zero-order chi connectivity index (χ0) is 21.8. The molecule has 2 rings (SSSR count). The van der Waals surface area contributed by atoms with Crippen LogP contribution in [-0.4, -0.2) is 53.5 Å². The molecule has 30 heavy (non-hydrogen) atoms. The minimum atomic E-state index is -0.0631. The van der Waals surface area contributed by atoms with Crippen molar-refractivity contribution < 1.29 is 4.79 Å². The van der Waals surface area contributed by atoms with Crippen LogP contribution in [0.25, 0.3) is 0 Å². The van der Waals surface area contributed by atoms with Gasteiger partial charge in [-0.1, -0.05) is 41.0 Å². The number of carbonyl (C=O) groups excluding carboxylic acids is 1. The average molecular weight is 411 g/mol. The van der Waals surface area contributed by atoms with Crippen LogP contribution in [0.3, 0.4) is 0 Å². The molecule has 1 N–H and O–H groups in total. The fraction of sp³-hybridized carbons (Fsp3) is 0.520. The normalized spacial score (nSPS) is 15.8. The summed E-state index contributed by atoms with van der Waals surface area (Å²) in [6, 6.07) is 5.46. The van der Waals surface area contributed by atoms with Gasteiger partial charge >= 0.3 is 6.03 Å². The van der Waals surface area contributed by atoms with Crippen LogP contribution in [0, 0.1) is 0 Å². The molecule has 1 fully saturated rings. The van der Waals surface area contributed by atoms with Crippen molar-refractivity contribution in [1.82, 2.24) is 14.8 Å². The smallest absolute Gasteiger partial charge is 0.322 e. The number of nitrogens with one attached hydrogen (secondary N) is 1. The van der Waals surface area contributed by atoms with Gasteiger partial charge < -0.3 is 4.90 Å². The minimum Gasteiger partial charge on any atom is -0.322 e. The first-order valence-electron chi connectivity index (χ1n) is 11.1. The Morgan fingerprint density at radius 2 is 1.63 bits per heavy atom. The monoisotopic (exact) mass is 410 g/mol. The number of carbonyl (C=O) groups is 1. The lowest BCUT2D eigenvalue weighted by Crippen LogP contribution is -2.50. The number of aromatic nitrogens is 1. The lowest BCUT2D eigenvalue weighted by molar-refractivity contribution is 0.155.